The van der Waals surface area contributed by atoms with E-state index in [0.29, 0.717) is 5.92 Å². The first-order valence-electron chi connectivity index (χ1n) is 7.87. The predicted octanol–water partition coefficient (Wildman–Crippen LogP) is 3.88. The molecule has 3 heteroatoms. The van der Waals surface area contributed by atoms with Crippen molar-refractivity contribution in [1.82, 2.24) is 4.98 Å². The summed E-state index contributed by atoms with van der Waals surface area (Å²) in [6.45, 7) is 13.1. The van der Waals surface area contributed by atoms with Gasteiger partial charge < -0.3 is 10.0 Å². The summed E-state index contributed by atoms with van der Waals surface area (Å²) in [4.78, 5) is 7.08. The lowest BCUT2D eigenvalue weighted by Crippen LogP contribution is -2.32. The molecule has 0 radical (unpaired) electrons. The number of aromatic nitrogens is 1. The number of nitrogens with zero attached hydrogens (tertiary/aromatic N) is 2. The zero-order valence-electron chi connectivity index (χ0n) is 14.0. The van der Waals surface area contributed by atoms with Crippen molar-refractivity contribution >= 4 is 5.82 Å². The van der Waals surface area contributed by atoms with Gasteiger partial charge in [0.05, 0.1) is 6.61 Å². The number of aliphatic hydroxyl groups is 1. The van der Waals surface area contributed by atoms with Crippen LogP contribution in [-0.4, -0.2) is 23.2 Å². The Morgan fingerprint density at radius 2 is 2.00 bits per heavy atom. The summed E-state index contributed by atoms with van der Waals surface area (Å²) in [5, 5.41) is 9.46. The molecule has 1 N–H and O–H groups in total. The van der Waals surface area contributed by atoms with Crippen molar-refractivity contribution in [3.63, 3.8) is 0 Å². The Bertz CT molecular complexity index is 527. The minimum atomic E-state index is 0.0756. The molecule has 0 aliphatic carbocycles. The van der Waals surface area contributed by atoms with Crippen LogP contribution in [0, 0.1) is 5.41 Å². The van der Waals surface area contributed by atoms with Crippen molar-refractivity contribution in [2.75, 3.05) is 18.0 Å². The van der Waals surface area contributed by atoms with Crippen LogP contribution in [0.5, 0.6) is 0 Å². The molecule has 1 aliphatic rings. The largest absolute Gasteiger partial charge is 0.392 e. The van der Waals surface area contributed by atoms with Crippen LogP contribution < -0.4 is 4.90 Å². The van der Waals surface area contributed by atoms with Crippen LogP contribution in [0.4, 0.5) is 5.82 Å². The van der Waals surface area contributed by atoms with Gasteiger partial charge in [0.2, 0.25) is 0 Å². The van der Waals surface area contributed by atoms with E-state index in [9.17, 15) is 5.11 Å². The summed E-state index contributed by atoms with van der Waals surface area (Å²) >= 11 is 0. The summed E-state index contributed by atoms with van der Waals surface area (Å²) in [6.07, 6.45) is 3.43. The van der Waals surface area contributed by atoms with Crippen LogP contribution in [-0.2, 0) is 6.61 Å². The highest BCUT2D eigenvalue weighted by Crippen LogP contribution is 2.31. The number of hydrogen-bond acceptors (Lipinski definition) is 3. The molecule has 2 rings (SSSR count). The fraction of sp³-hybridized carbons (Fsp3) is 0.611. The topological polar surface area (TPSA) is 36.4 Å². The fourth-order valence-corrected chi connectivity index (χ4v) is 2.70. The SMILES string of the molecule is CC(C)c1cc(CO)cc(N2CC=C(C(C)(C)C)CC2)n1. The number of rotatable bonds is 3. The predicted molar refractivity (Wildman–Crippen MR) is 88.6 cm³/mol. The molecule has 0 saturated carbocycles. The molecule has 1 aliphatic heterocycles. The van der Waals surface area contributed by atoms with E-state index in [1.54, 1.807) is 0 Å². The highest BCUT2D eigenvalue weighted by molar-refractivity contribution is 5.45. The van der Waals surface area contributed by atoms with Crippen LogP contribution in [0.25, 0.3) is 0 Å². The van der Waals surface area contributed by atoms with Gasteiger partial charge in [-0.2, -0.15) is 0 Å². The third-order valence-corrected chi connectivity index (χ3v) is 4.16. The zero-order valence-corrected chi connectivity index (χ0v) is 14.0. The molecule has 116 valence electrons. The third-order valence-electron chi connectivity index (χ3n) is 4.16. The lowest BCUT2D eigenvalue weighted by Gasteiger charge is -2.33. The molecule has 21 heavy (non-hydrogen) atoms. The molecular formula is C18H28N2O. The van der Waals surface area contributed by atoms with Crippen LogP contribution >= 0.6 is 0 Å². The van der Waals surface area contributed by atoms with E-state index >= 15 is 0 Å². The Hall–Kier alpha value is -1.35. The summed E-state index contributed by atoms with van der Waals surface area (Å²) in [7, 11) is 0. The zero-order chi connectivity index (χ0) is 15.6. The van der Waals surface area contributed by atoms with Gasteiger partial charge >= 0.3 is 0 Å². The monoisotopic (exact) mass is 288 g/mol. The number of hydrogen-bond donors (Lipinski definition) is 1. The van der Waals surface area contributed by atoms with Crippen molar-refractivity contribution in [2.24, 2.45) is 5.41 Å². The quantitative estimate of drug-likeness (QED) is 0.858. The lowest BCUT2D eigenvalue weighted by molar-refractivity contribution is 0.281. The van der Waals surface area contributed by atoms with Gasteiger partial charge in [-0.3, -0.25) is 0 Å². The maximum atomic E-state index is 9.46. The maximum Gasteiger partial charge on any atom is 0.129 e. The van der Waals surface area contributed by atoms with E-state index in [1.165, 1.54) is 5.57 Å². The van der Waals surface area contributed by atoms with Crippen LogP contribution in [0.2, 0.25) is 0 Å². The molecular weight excluding hydrogens is 260 g/mol. The molecule has 0 aromatic carbocycles. The molecule has 1 aromatic rings. The Labute approximate surface area is 128 Å². The first-order chi connectivity index (χ1) is 9.81. The average molecular weight is 288 g/mol. The van der Waals surface area contributed by atoms with Crippen molar-refractivity contribution in [2.45, 2.75) is 53.6 Å². The van der Waals surface area contributed by atoms with Crippen LogP contribution in [0.1, 0.15) is 58.2 Å². The molecule has 1 aromatic heterocycles. The molecule has 2 heterocycles. The maximum absolute atomic E-state index is 9.46. The normalized spacial score (nSPS) is 16.3. The van der Waals surface area contributed by atoms with E-state index < -0.39 is 0 Å². The van der Waals surface area contributed by atoms with Crippen molar-refractivity contribution in [1.29, 1.82) is 0 Å². The van der Waals surface area contributed by atoms with Crippen LogP contribution in [0.15, 0.2) is 23.8 Å². The van der Waals surface area contributed by atoms with Gasteiger partial charge in [-0.25, -0.2) is 4.98 Å². The standard InChI is InChI=1S/C18H28N2O/c1-13(2)16-10-14(12-21)11-17(19-16)20-8-6-15(7-9-20)18(3,4)5/h6,10-11,13,21H,7-9,12H2,1-5H3. The smallest absolute Gasteiger partial charge is 0.129 e. The van der Waals surface area contributed by atoms with Gasteiger partial charge in [-0.1, -0.05) is 46.3 Å². The van der Waals surface area contributed by atoms with Crippen molar-refractivity contribution in [3.8, 4) is 0 Å². The van der Waals surface area contributed by atoms with Gasteiger partial charge in [-0.15, -0.1) is 0 Å². The minimum Gasteiger partial charge on any atom is -0.392 e. The first-order valence-corrected chi connectivity index (χ1v) is 7.87. The van der Waals surface area contributed by atoms with Gasteiger partial charge in [0, 0.05) is 18.8 Å². The van der Waals surface area contributed by atoms with Crippen LogP contribution in [0.3, 0.4) is 0 Å². The Kier molecular flexibility index (Phi) is 4.72. The number of anilines is 1. The van der Waals surface area contributed by atoms with Gasteiger partial charge in [0.15, 0.2) is 0 Å². The Morgan fingerprint density at radius 3 is 2.48 bits per heavy atom. The molecule has 3 nitrogen and oxygen atoms in total. The van der Waals surface area contributed by atoms with E-state index in [2.05, 4.69) is 45.6 Å². The lowest BCUT2D eigenvalue weighted by atomic mass is 9.83. The Balaban J connectivity index is 2.24. The number of pyridine rings is 1. The molecule has 0 spiro atoms. The van der Waals surface area contributed by atoms with Gasteiger partial charge in [0.1, 0.15) is 5.82 Å². The number of aliphatic hydroxyl groups excluding tert-OH is 1. The fourth-order valence-electron chi connectivity index (χ4n) is 2.70. The third kappa shape index (κ3) is 3.85. The van der Waals surface area contributed by atoms with E-state index in [1.807, 2.05) is 12.1 Å². The second-order valence-corrected chi connectivity index (χ2v) is 7.25. The van der Waals surface area contributed by atoms with Gasteiger partial charge in [-0.05, 0) is 35.4 Å². The summed E-state index contributed by atoms with van der Waals surface area (Å²) < 4.78 is 0. The first kappa shape index (κ1) is 16.0. The van der Waals surface area contributed by atoms with E-state index in [4.69, 9.17) is 4.98 Å². The molecule has 0 amide bonds. The Morgan fingerprint density at radius 1 is 1.29 bits per heavy atom. The molecule has 0 atom stereocenters. The minimum absolute atomic E-state index is 0.0756. The molecule has 0 fully saturated rings. The van der Waals surface area contributed by atoms with Crippen molar-refractivity contribution in [3.05, 3.63) is 35.0 Å². The highest BCUT2D eigenvalue weighted by Gasteiger charge is 2.22. The average Bonchev–Trinajstić information content (AvgIpc) is 2.46. The molecule has 0 unspecified atom stereocenters. The second-order valence-electron chi connectivity index (χ2n) is 7.25. The van der Waals surface area contributed by atoms with Gasteiger partial charge in [0.25, 0.3) is 0 Å². The van der Waals surface area contributed by atoms with E-state index in [-0.39, 0.29) is 12.0 Å². The second kappa shape index (κ2) is 6.18. The summed E-state index contributed by atoms with van der Waals surface area (Å²) in [6, 6.07) is 4.02. The van der Waals surface area contributed by atoms with Crippen molar-refractivity contribution < 1.29 is 5.11 Å². The highest BCUT2D eigenvalue weighted by atomic mass is 16.3. The molecule has 0 bridgehead atoms. The molecule has 0 saturated heterocycles. The summed E-state index contributed by atoms with van der Waals surface area (Å²) in [5.74, 6) is 1.37. The van der Waals surface area contributed by atoms with E-state index in [0.717, 1.165) is 36.6 Å². The summed E-state index contributed by atoms with van der Waals surface area (Å²) in [5.41, 5.74) is 3.80.